The molecule has 13 heteroatoms. The lowest BCUT2D eigenvalue weighted by Gasteiger charge is -2.20. The molecule has 0 radical (unpaired) electrons. The van der Waals surface area contributed by atoms with Crippen LogP contribution in [0.25, 0.3) is 10.9 Å². The number of carboxylic acids is 1. The molecular weight excluding hydrogens is 559 g/mol. The average molecular weight is 591 g/mol. The van der Waals surface area contributed by atoms with Crippen LogP contribution in [-0.2, 0) is 22.4 Å². The largest absolute Gasteiger partial charge is 0.491 e. The topological polar surface area (TPSA) is 183 Å². The van der Waals surface area contributed by atoms with Crippen LogP contribution in [0.3, 0.4) is 0 Å². The number of aliphatic carboxylic acids is 1. The Morgan fingerprint density at radius 1 is 1.16 bits per heavy atom. The lowest BCUT2D eigenvalue weighted by atomic mass is 10.0. The molecule has 2 unspecified atom stereocenters. The van der Waals surface area contributed by atoms with E-state index in [9.17, 15) is 23.9 Å². The molecule has 224 valence electrons. The van der Waals surface area contributed by atoms with Gasteiger partial charge in [-0.25, -0.2) is 4.39 Å². The predicted molar refractivity (Wildman–Crippen MR) is 152 cm³/mol. The fourth-order valence-corrected chi connectivity index (χ4v) is 4.59. The minimum absolute atomic E-state index is 0.0284. The molecule has 0 spiro atoms. The summed E-state index contributed by atoms with van der Waals surface area (Å²) in [6, 6.07) is 11.9. The first-order valence-electron chi connectivity index (χ1n) is 13.9. The summed E-state index contributed by atoms with van der Waals surface area (Å²) in [4.78, 5) is 46.5. The van der Waals surface area contributed by atoms with E-state index in [0.717, 1.165) is 30.7 Å². The highest BCUT2D eigenvalue weighted by Crippen LogP contribution is 2.38. The van der Waals surface area contributed by atoms with E-state index in [-0.39, 0.29) is 36.3 Å². The summed E-state index contributed by atoms with van der Waals surface area (Å²) in [6.45, 7) is 0.106. The minimum Gasteiger partial charge on any atom is -0.491 e. The zero-order valence-corrected chi connectivity index (χ0v) is 23.2. The Labute approximate surface area is 245 Å². The van der Waals surface area contributed by atoms with E-state index in [1.807, 2.05) is 30.3 Å². The van der Waals surface area contributed by atoms with Crippen LogP contribution < -0.4 is 21.1 Å². The number of hydrogen-bond acceptors (Lipinski definition) is 9. The Morgan fingerprint density at radius 2 is 1.95 bits per heavy atom. The molecule has 1 aliphatic carbocycles. The van der Waals surface area contributed by atoms with Crippen molar-refractivity contribution in [2.24, 2.45) is 5.73 Å². The standard InChI is InChI=1S/C30H31FN6O6/c31-19-13-21-22(34-15-19)8-9-24(42-16-20(32)12-17-4-2-1-3-5-17)27(21)30(41)35-23(14-26(38)39)29(40)33-11-10-25-36-28(37-43-25)18-6-7-18/h1-5,8-9,13,15,18,20,23H,6-7,10-12,14,16,32H2,(H,33,40)(H,35,41)(H,38,39). The van der Waals surface area contributed by atoms with Gasteiger partial charge in [0.25, 0.3) is 5.91 Å². The number of hydrogen-bond donors (Lipinski definition) is 4. The summed E-state index contributed by atoms with van der Waals surface area (Å²) in [5.74, 6) is -2.18. The van der Waals surface area contributed by atoms with Crippen LogP contribution in [0.15, 0.2) is 59.3 Å². The van der Waals surface area contributed by atoms with Gasteiger partial charge < -0.3 is 30.7 Å². The summed E-state index contributed by atoms with van der Waals surface area (Å²) in [6.07, 6.45) is 3.09. The van der Waals surface area contributed by atoms with Crippen LogP contribution in [0.2, 0.25) is 0 Å². The van der Waals surface area contributed by atoms with Gasteiger partial charge in [0.1, 0.15) is 24.2 Å². The SMILES string of the molecule is NC(COc1ccc2ncc(F)cc2c1C(=O)NC(CC(=O)O)C(=O)NCCc1nc(C2CC2)no1)Cc1ccccc1. The molecule has 43 heavy (non-hydrogen) atoms. The lowest BCUT2D eigenvalue weighted by Crippen LogP contribution is -2.48. The Kier molecular flexibility index (Phi) is 9.20. The average Bonchev–Trinajstić information content (AvgIpc) is 3.73. The van der Waals surface area contributed by atoms with Crippen molar-refractivity contribution in [1.29, 1.82) is 0 Å². The number of carbonyl (C=O) groups is 3. The second kappa shape index (κ2) is 13.4. The van der Waals surface area contributed by atoms with Crippen LogP contribution in [0.1, 0.15) is 52.8 Å². The van der Waals surface area contributed by atoms with Gasteiger partial charge in [0, 0.05) is 30.3 Å². The van der Waals surface area contributed by atoms with E-state index in [1.54, 1.807) is 6.07 Å². The quantitative estimate of drug-likeness (QED) is 0.170. The third-order valence-corrected chi connectivity index (χ3v) is 6.88. The van der Waals surface area contributed by atoms with Gasteiger partial charge in [-0.2, -0.15) is 4.98 Å². The maximum absolute atomic E-state index is 14.2. The number of ether oxygens (including phenoxy) is 1. The fourth-order valence-electron chi connectivity index (χ4n) is 4.59. The highest BCUT2D eigenvalue weighted by atomic mass is 19.1. The van der Waals surface area contributed by atoms with Gasteiger partial charge in [-0.3, -0.25) is 19.4 Å². The molecule has 2 heterocycles. The number of benzene rings is 2. The van der Waals surface area contributed by atoms with Crippen molar-refractivity contribution in [3.8, 4) is 5.75 Å². The van der Waals surface area contributed by atoms with Crippen molar-refractivity contribution >= 4 is 28.7 Å². The van der Waals surface area contributed by atoms with Crippen molar-refractivity contribution in [3.05, 3.63) is 83.4 Å². The van der Waals surface area contributed by atoms with Crippen LogP contribution in [0, 0.1) is 5.82 Å². The molecule has 1 saturated carbocycles. The zero-order valence-electron chi connectivity index (χ0n) is 23.2. The number of carbonyl (C=O) groups excluding carboxylic acids is 2. The number of carboxylic acid groups (broad SMARTS) is 1. The molecule has 0 bridgehead atoms. The number of amides is 2. The molecule has 0 saturated heterocycles. The van der Waals surface area contributed by atoms with Crippen molar-refractivity contribution in [3.63, 3.8) is 0 Å². The Hall–Kier alpha value is -4.91. The van der Waals surface area contributed by atoms with E-state index >= 15 is 0 Å². The fraction of sp³-hybridized carbons (Fsp3) is 0.333. The van der Waals surface area contributed by atoms with Gasteiger partial charge in [-0.05, 0) is 43.0 Å². The number of nitrogens with zero attached hydrogens (tertiary/aromatic N) is 3. The number of halogens is 1. The summed E-state index contributed by atoms with van der Waals surface area (Å²) in [5.41, 5.74) is 7.48. The maximum Gasteiger partial charge on any atom is 0.305 e. The molecule has 4 aromatic rings. The minimum atomic E-state index is -1.44. The van der Waals surface area contributed by atoms with Gasteiger partial charge in [0.2, 0.25) is 11.8 Å². The third-order valence-electron chi connectivity index (χ3n) is 6.88. The second-order valence-electron chi connectivity index (χ2n) is 10.4. The summed E-state index contributed by atoms with van der Waals surface area (Å²) >= 11 is 0. The molecule has 2 atom stereocenters. The normalized spacial score (nSPS) is 14.2. The molecule has 1 fully saturated rings. The van der Waals surface area contributed by atoms with E-state index in [1.165, 1.54) is 6.07 Å². The summed E-state index contributed by atoms with van der Waals surface area (Å²) < 4.78 is 25.4. The number of rotatable bonds is 14. The van der Waals surface area contributed by atoms with Gasteiger partial charge in [-0.15, -0.1) is 0 Å². The lowest BCUT2D eigenvalue weighted by molar-refractivity contribution is -0.139. The molecule has 1 aliphatic rings. The first-order chi connectivity index (χ1) is 20.8. The molecular formula is C30H31FN6O6. The van der Waals surface area contributed by atoms with E-state index in [4.69, 9.17) is 15.0 Å². The predicted octanol–water partition coefficient (Wildman–Crippen LogP) is 2.52. The Balaban J connectivity index is 1.30. The first-order valence-corrected chi connectivity index (χ1v) is 13.9. The molecule has 0 aliphatic heterocycles. The van der Waals surface area contributed by atoms with E-state index in [0.29, 0.717) is 29.6 Å². The maximum atomic E-state index is 14.2. The van der Waals surface area contributed by atoms with Crippen LogP contribution in [0.4, 0.5) is 4.39 Å². The molecule has 5 rings (SSSR count). The van der Waals surface area contributed by atoms with Gasteiger partial charge in [0.15, 0.2) is 5.82 Å². The number of nitrogens with one attached hydrogen (secondary N) is 2. The smallest absolute Gasteiger partial charge is 0.305 e. The molecule has 12 nitrogen and oxygen atoms in total. The van der Waals surface area contributed by atoms with Crippen molar-refractivity contribution in [1.82, 2.24) is 25.8 Å². The molecule has 2 aromatic carbocycles. The number of aromatic nitrogens is 3. The van der Waals surface area contributed by atoms with Crippen molar-refractivity contribution < 1.29 is 33.1 Å². The van der Waals surface area contributed by atoms with Crippen LogP contribution >= 0.6 is 0 Å². The van der Waals surface area contributed by atoms with Crippen LogP contribution in [-0.4, -0.2) is 63.3 Å². The highest BCUT2D eigenvalue weighted by molar-refractivity contribution is 6.10. The number of pyridine rings is 1. The van der Waals surface area contributed by atoms with E-state index in [2.05, 4.69) is 25.8 Å². The number of fused-ring (bicyclic) bond motifs is 1. The van der Waals surface area contributed by atoms with Crippen molar-refractivity contribution in [2.75, 3.05) is 13.2 Å². The van der Waals surface area contributed by atoms with Crippen molar-refractivity contribution in [2.45, 2.75) is 50.1 Å². The van der Waals surface area contributed by atoms with E-state index < -0.39 is 42.1 Å². The highest BCUT2D eigenvalue weighted by Gasteiger charge is 2.29. The third kappa shape index (κ3) is 7.89. The molecule has 2 aromatic heterocycles. The van der Waals surface area contributed by atoms with Gasteiger partial charge in [0.05, 0.1) is 23.7 Å². The van der Waals surface area contributed by atoms with Gasteiger partial charge in [-0.1, -0.05) is 35.5 Å². The molecule has 2 amide bonds. The molecule has 5 N–H and O–H groups in total. The number of nitrogens with two attached hydrogens (primary N) is 1. The Bertz CT molecular complexity index is 1610. The first kappa shape index (κ1) is 29.6. The Morgan fingerprint density at radius 3 is 2.70 bits per heavy atom. The zero-order chi connectivity index (χ0) is 30.3. The van der Waals surface area contributed by atoms with Crippen LogP contribution in [0.5, 0.6) is 5.75 Å². The summed E-state index contributed by atoms with van der Waals surface area (Å²) in [7, 11) is 0. The monoisotopic (exact) mass is 590 g/mol. The summed E-state index contributed by atoms with van der Waals surface area (Å²) in [5, 5.41) is 18.6. The van der Waals surface area contributed by atoms with Gasteiger partial charge >= 0.3 is 5.97 Å². The second-order valence-corrected chi connectivity index (χ2v) is 10.4.